The molecule has 30 heavy (non-hydrogen) atoms. The number of benzene rings is 2. The molecule has 6 nitrogen and oxygen atoms in total. The molecule has 0 saturated carbocycles. The molecule has 0 aliphatic rings. The molecule has 2 aromatic heterocycles. The zero-order valence-corrected chi connectivity index (χ0v) is 17.5. The standard InChI is InChI=1S/C23H23N5OS/c1-27-14-12-25-23(27)30-15-13-24-22(29)20-17-28(16-18-8-4-2-5-9-18)26-21(20)19-10-6-3-7-11-19/h2-12,14,17H,13,15-16H2,1H3,(H,24,29). The van der Waals surface area contributed by atoms with E-state index in [1.807, 2.05) is 77.2 Å². The van der Waals surface area contributed by atoms with E-state index in [0.717, 1.165) is 22.0 Å². The van der Waals surface area contributed by atoms with E-state index in [-0.39, 0.29) is 5.91 Å². The van der Waals surface area contributed by atoms with Gasteiger partial charge in [0.15, 0.2) is 5.16 Å². The van der Waals surface area contributed by atoms with Crippen LogP contribution in [0.4, 0.5) is 0 Å². The van der Waals surface area contributed by atoms with E-state index in [9.17, 15) is 4.79 Å². The van der Waals surface area contributed by atoms with Crippen molar-refractivity contribution in [1.82, 2.24) is 24.6 Å². The fourth-order valence-corrected chi connectivity index (χ4v) is 3.93. The van der Waals surface area contributed by atoms with Gasteiger partial charge in [-0.15, -0.1) is 0 Å². The number of carbonyl (C=O) groups excluding carboxylic acids is 1. The lowest BCUT2D eigenvalue weighted by molar-refractivity contribution is 0.0956. The van der Waals surface area contributed by atoms with Crippen LogP contribution in [0, 0.1) is 0 Å². The number of thioether (sulfide) groups is 1. The molecule has 0 fully saturated rings. The Hall–Kier alpha value is -3.32. The van der Waals surface area contributed by atoms with Crippen LogP contribution in [0.3, 0.4) is 0 Å². The van der Waals surface area contributed by atoms with Crippen molar-refractivity contribution in [3.63, 3.8) is 0 Å². The molecule has 1 N–H and O–H groups in total. The van der Waals surface area contributed by atoms with E-state index in [1.165, 1.54) is 0 Å². The quantitative estimate of drug-likeness (QED) is 0.349. The zero-order chi connectivity index (χ0) is 20.8. The van der Waals surface area contributed by atoms with Crippen LogP contribution in [0.5, 0.6) is 0 Å². The Labute approximate surface area is 180 Å². The fourth-order valence-electron chi connectivity index (χ4n) is 3.14. The number of hydrogen-bond acceptors (Lipinski definition) is 4. The molecule has 152 valence electrons. The molecule has 2 aromatic carbocycles. The number of nitrogens with one attached hydrogen (secondary N) is 1. The van der Waals surface area contributed by atoms with Gasteiger partial charge in [0.05, 0.1) is 12.1 Å². The predicted molar refractivity (Wildman–Crippen MR) is 119 cm³/mol. The van der Waals surface area contributed by atoms with Gasteiger partial charge in [-0.25, -0.2) is 4.98 Å². The highest BCUT2D eigenvalue weighted by molar-refractivity contribution is 7.99. The van der Waals surface area contributed by atoms with Gasteiger partial charge in [0.1, 0.15) is 5.69 Å². The van der Waals surface area contributed by atoms with Gasteiger partial charge in [0.2, 0.25) is 0 Å². The molecule has 0 spiro atoms. The van der Waals surface area contributed by atoms with E-state index >= 15 is 0 Å². The molecule has 4 aromatic rings. The van der Waals surface area contributed by atoms with E-state index in [1.54, 1.807) is 18.0 Å². The summed E-state index contributed by atoms with van der Waals surface area (Å²) in [7, 11) is 1.96. The topological polar surface area (TPSA) is 64.7 Å². The van der Waals surface area contributed by atoms with E-state index in [4.69, 9.17) is 5.10 Å². The van der Waals surface area contributed by atoms with Crippen molar-refractivity contribution in [3.05, 3.63) is 90.4 Å². The average molecular weight is 418 g/mol. The first-order chi connectivity index (χ1) is 14.7. The summed E-state index contributed by atoms with van der Waals surface area (Å²) in [5.74, 6) is 0.628. The lowest BCUT2D eigenvalue weighted by atomic mass is 10.1. The van der Waals surface area contributed by atoms with Crippen LogP contribution >= 0.6 is 11.8 Å². The molecule has 0 radical (unpaired) electrons. The van der Waals surface area contributed by atoms with Crippen LogP contribution in [0.15, 0.2) is 84.4 Å². The van der Waals surface area contributed by atoms with Crippen LogP contribution in [-0.2, 0) is 13.6 Å². The molecule has 4 rings (SSSR count). The van der Waals surface area contributed by atoms with Crippen LogP contribution in [0.25, 0.3) is 11.3 Å². The summed E-state index contributed by atoms with van der Waals surface area (Å²) in [5.41, 5.74) is 3.34. The van der Waals surface area contributed by atoms with Gasteiger partial charge in [-0.05, 0) is 5.56 Å². The van der Waals surface area contributed by atoms with Gasteiger partial charge < -0.3 is 9.88 Å². The maximum absolute atomic E-state index is 12.9. The van der Waals surface area contributed by atoms with Crippen molar-refractivity contribution in [2.45, 2.75) is 11.7 Å². The Morgan fingerprint density at radius 2 is 1.80 bits per heavy atom. The van der Waals surface area contributed by atoms with Gasteiger partial charge in [0, 0.05) is 43.5 Å². The van der Waals surface area contributed by atoms with E-state index < -0.39 is 0 Å². The first kappa shape index (κ1) is 20.0. The SMILES string of the molecule is Cn1ccnc1SCCNC(=O)c1cn(Cc2ccccc2)nc1-c1ccccc1. The number of aromatic nitrogens is 4. The first-order valence-corrected chi connectivity index (χ1v) is 10.7. The lowest BCUT2D eigenvalue weighted by Crippen LogP contribution is -2.26. The summed E-state index contributed by atoms with van der Waals surface area (Å²) < 4.78 is 3.79. The third-order valence-corrected chi connectivity index (χ3v) is 5.70. The van der Waals surface area contributed by atoms with Gasteiger partial charge in [-0.2, -0.15) is 5.10 Å². The number of hydrogen-bond donors (Lipinski definition) is 1. The number of nitrogens with zero attached hydrogens (tertiary/aromatic N) is 4. The number of rotatable bonds is 8. The molecule has 0 saturated heterocycles. The molecule has 1 amide bonds. The molecular weight excluding hydrogens is 394 g/mol. The van der Waals surface area contributed by atoms with Crippen LogP contribution < -0.4 is 5.32 Å². The Kier molecular flexibility index (Phi) is 6.29. The first-order valence-electron chi connectivity index (χ1n) is 9.76. The van der Waals surface area contributed by atoms with Gasteiger partial charge in [-0.3, -0.25) is 9.48 Å². The predicted octanol–water partition coefficient (Wildman–Crippen LogP) is 3.85. The van der Waals surface area contributed by atoms with E-state index in [2.05, 4.69) is 22.4 Å². The van der Waals surface area contributed by atoms with Crippen molar-refractivity contribution in [2.75, 3.05) is 12.3 Å². The normalized spacial score (nSPS) is 10.8. The van der Waals surface area contributed by atoms with Gasteiger partial charge in [0.25, 0.3) is 5.91 Å². The smallest absolute Gasteiger partial charge is 0.255 e. The third-order valence-electron chi connectivity index (χ3n) is 4.64. The summed E-state index contributed by atoms with van der Waals surface area (Å²) in [6.45, 7) is 1.16. The number of imidazole rings is 1. The van der Waals surface area contributed by atoms with Crippen molar-refractivity contribution in [2.24, 2.45) is 7.05 Å². The third kappa shape index (κ3) is 4.80. The molecule has 0 bridgehead atoms. The fraction of sp³-hybridized carbons (Fsp3) is 0.174. The number of aryl methyl sites for hydroxylation is 1. The van der Waals surface area contributed by atoms with Gasteiger partial charge in [-0.1, -0.05) is 72.4 Å². The van der Waals surface area contributed by atoms with Crippen LogP contribution in [-0.4, -0.2) is 37.5 Å². The zero-order valence-electron chi connectivity index (χ0n) is 16.7. The molecule has 0 unspecified atom stereocenters. The lowest BCUT2D eigenvalue weighted by Gasteiger charge is -2.05. The Morgan fingerprint density at radius 1 is 1.07 bits per heavy atom. The van der Waals surface area contributed by atoms with Crippen LogP contribution in [0.2, 0.25) is 0 Å². The highest BCUT2D eigenvalue weighted by Crippen LogP contribution is 2.22. The second kappa shape index (κ2) is 9.45. The Morgan fingerprint density at radius 3 is 2.50 bits per heavy atom. The molecular formula is C23H23N5OS. The minimum absolute atomic E-state index is 0.117. The van der Waals surface area contributed by atoms with Crippen molar-refractivity contribution in [3.8, 4) is 11.3 Å². The second-order valence-corrected chi connectivity index (χ2v) is 7.93. The largest absolute Gasteiger partial charge is 0.351 e. The van der Waals surface area contributed by atoms with Crippen molar-refractivity contribution < 1.29 is 4.79 Å². The summed E-state index contributed by atoms with van der Waals surface area (Å²) in [4.78, 5) is 17.2. The molecule has 2 heterocycles. The highest BCUT2D eigenvalue weighted by atomic mass is 32.2. The molecule has 0 atom stereocenters. The molecule has 0 aliphatic heterocycles. The number of amides is 1. The van der Waals surface area contributed by atoms with Crippen molar-refractivity contribution in [1.29, 1.82) is 0 Å². The Balaban J connectivity index is 1.48. The average Bonchev–Trinajstić information content (AvgIpc) is 3.38. The number of carbonyl (C=O) groups is 1. The summed E-state index contributed by atoms with van der Waals surface area (Å²) in [5, 5.41) is 8.67. The van der Waals surface area contributed by atoms with Crippen LogP contribution in [0.1, 0.15) is 15.9 Å². The minimum atomic E-state index is -0.117. The van der Waals surface area contributed by atoms with Gasteiger partial charge >= 0.3 is 0 Å². The van der Waals surface area contributed by atoms with Crippen molar-refractivity contribution >= 4 is 17.7 Å². The molecule has 7 heteroatoms. The summed E-state index contributed by atoms with van der Waals surface area (Å²) in [6.07, 6.45) is 5.51. The maximum atomic E-state index is 12.9. The highest BCUT2D eigenvalue weighted by Gasteiger charge is 2.18. The summed E-state index contributed by atoms with van der Waals surface area (Å²) in [6, 6.07) is 19.9. The monoisotopic (exact) mass is 417 g/mol. The Bertz CT molecular complexity index is 1110. The minimum Gasteiger partial charge on any atom is -0.351 e. The van der Waals surface area contributed by atoms with E-state index in [0.29, 0.717) is 24.3 Å². The maximum Gasteiger partial charge on any atom is 0.255 e. The second-order valence-electron chi connectivity index (χ2n) is 6.87. The molecule has 0 aliphatic carbocycles. The summed E-state index contributed by atoms with van der Waals surface area (Å²) >= 11 is 1.61.